The van der Waals surface area contributed by atoms with E-state index >= 15 is 0 Å². The first-order chi connectivity index (χ1) is 11.3. The minimum atomic E-state index is 0.145. The van der Waals surface area contributed by atoms with E-state index in [1.807, 2.05) is 30.3 Å². The molecule has 1 aliphatic heterocycles. The molecule has 1 heterocycles. The first-order valence-electron chi connectivity index (χ1n) is 8.45. The topological polar surface area (TPSA) is 38.8 Å². The fourth-order valence-electron chi connectivity index (χ4n) is 3.37. The lowest BCUT2D eigenvalue weighted by Gasteiger charge is -2.32. The summed E-state index contributed by atoms with van der Waals surface area (Å²) in [6.07, 6.45) is 5.05. The lowest BCUT2D eigenvalue weighted by Crippen LogP contribution is -2.42. The van der Waals surface area contributed by atoms with Crippen molar-refractivity contribution in [3.8, 4) is 5.75 Å². The molecule has 3 rings (SSSR count). The van der Waals surface area contributed by atoms with Gasteiger partial charge < -0.3 is 9.47 Å². The average molecular weight is 315 g/mol. The predicted octanol–water partition coefficient (Wildman–Crippen LogP) is 2.78. The molecule has 2 aliphatic rings. The number of allylic oxidation sites excluding steroid dienone is 1. The van der Waals surface area contributed by atoms with Crippen LogP contribution in [0.15, 0.2) is 29.8 Å². The number of hydrogen-bond donors (Lipinski definition) is 0. The fraction of sp³-hybridized carbons (Fsp3) is 0.526. The van der Waals surface area contributed by atoms with Crippen molar-refractivity contribution in [2.45, 2.75) is 19.3 Å². The zero-order valence-corrected chi connectivity index (χ0v) is 13.8. The fourth-order valence-corrected chi connectivity index (χ4v) is 3.37. The zero-order valence-electron chi connectivity index (χ0n) is 13.8. The Morgan fingerprint density at radius 3 is 2.70 bits per heavy atom. The molecule has 1 aromatic carbocycles. The van der Waals surface area contributed by atoms with Crippen LogP contribution in [0.4, 0.5) is 0 Å². The molecule has 0 N–H and O–H groups in total. The van der Waals surface area contributed by atoms with Gasteiger partial charge in [0.15, 0.2) is 5.78 Å². The minimum Gasteiger partial charge on any atom is -0.497 e. The van der Waals surface area contributed by atoms with Crippen LogP contribution in [0.1, 0.15) is 24.8 Å². The molecule has 1 aliphatic carbocycles. The van der Waals surface area contributed by atoms with Gasteiger partial charge in [0.25, 0.3) is 0 Å². The summed E-state index contributed by atoms with van der Waals surface area (Å²) in [5.74, 6) is 1.32. The number of morpholine rings is 1. The third kappa shape index (κ3) is 4.21. The summed E-state index contributed by atoms with van der Waals surface area (Å²) in [7, 11) is 1.66. The van der Waals surface area contributed by atoms with Crippen molar-refractivity contribution in [1.82, 2.24) is 4.90 Å². The molecule has 0 bridgehead atoms. The van der Waals surface area contributed by atoms with E-state index in [-0.39, 0.29) is 5.92 Å². The molecule has 1 unspecified atom stereocenters. The number of benzene rings is 1. The van der Waals surface area contributed by atoms with Gasteiger partial charge in [0.2, 0.25) is 0 Å². The van der Waals surface area contributed by atoms with Crippen LogP contribution >= 0.6 is 0 Å². The molecule has 124 valence electrons. The van der Waals surface area contributed by atoms with Crippen molar-refractivity contribution in [2.24, 2.45) is 5.92 Å². The highest BCUT2D eigenvalue weighted by atomic mass is 16.5. The van der Waals surface area contributed by atoms with Gasteiger partial charge in [-0.1, -0.05) is 12.1 Å². The highest BCUT2D eigenvalue weighted by molar-refractivity contribution is 6.01. The van der Waals surface area contributed by atoms with Crippen LogP contribution in [0.3, 0.4) is 0 Å². The molecule has 4 heteroatoms. The number of methoxy groups -OCH3 is 1. The number of carbonyl (C=O) groups excluding carboxylic acids is 1. The Hall–Kier alpha value is -1.65. The maximum Gasteiger partial charge on any atom is 0.163 e. The van der Waals surface area contributed by atoms with Crippen molar-refractivity contribution >= 4 is 11.9 Å². The molecule has 0 spiro atoms. The van der Waals surface area contributed by atoms with Crippen molar-refractivity contribution < 1.29 is 14.3 Å². The van der Waals surface area contributed by atoms with Crippen molar-refractivity contribution in [2.75, 3.05) is 40.0 Å². The van der Waals surface area contributed by atoms with Crippen LogP contribution in [0.5, 0.6) is 5.75 Å². The summed E-state index contributed by atoms with van der Waals surface area (Å²) < 4.78 is 10.6. The average Bonchev–Trinajstić information content (AvgIpc) is 2.60. The van der Waals surface area contributed by atoms with E-state index in [4.69, 9.17) is 9.47 Å². The molecular formula is C19H25NO3. The lowest BCUT2D eigenvalue weighted by atomic mass is 9.83. The molecule has 1 atom stereocenters. The Bertz CT molecular complexity index is 558. The SMILES string of the molecule is COc1ccc(/C=C2\CCCC(CN3CCOCC3)C2=O)cc1. The number of nitrogens with zero attached hydrogens (tertiary/aromatic N) is 1. The normalized spacial score (nSPS) is 24.8. The third-order valence-corrected chi connectivity index (χ3v) is 4.72. The van der Waals surface area contributed by atoms with E-state index < -0.39 is 0 Å². The van der Waals surface area contributed by atoms with Gasteiger partial charge in [0.05, 0.1) is 20.3 Å². The maximum absolute atomic E-state index is 12.8. The van der Waals surface area contributed by atoms with Gasteiger partial charge in [-0.15, -0.1) is 0 Å². The number of hydrogen-bond acceptors (Lipinski definition) is 4. The minimum absolute atomic E-state index is 0.145. The van der Waals surface area contributed by atoms with Gasteiger partial charge in [-0.25, -0.2) is 0 Å². The second kappa shape index (κ2) is 7.75. The largest absolute Gasteiger partial charge is 0.497 e. The van der Waals surface area contributed by atoms with E-state index in [0.717, 1.165) is 69.0 Å². The molecule has 2 fully saturated rings. The van der Waals surface area contributed by atoms with Gasteiger partial charge in [0.1, 0.15) is 5.75 Å². The summed E-state index contributed by atoms with van der Waals surface area (Å²) in [5.41, 5.74) is 2.04. The third-order valence-electron chi connectivity index (χ3n) is 4.72. The summed E-state index contributed by atoms with van der Waals surface area (Å²) in [4.78, 5) is 15.1. The van der Waals surface area contributed by atoms with Crippen LogP contribution < -0.4 is 4.74 Å². The van der Waals surface area contributed by atoms with E-state index in [0.29, 0.717) is 5.78 Å². The van der Waals surface area contributed by atoms with Gasteiger partial charge >= 0.3 is 0 Å². The molecular weight excluding hydrogens is 290 g/mol. The van der Waals surface area contributed by atoms with E-state index in [2.05, 4.69) is 4.90 Å². The van der Waals surface area contributed by atoms with E-state index in [1.54, 1.807) is 7.11 Å². The highest BCUT2D eigenvalue weighted by Gasteiger charge is 2.28. The number of carbonyl (C=O) groups is 1. The van der Waals surface area contributed by atoms with Crippen molar-refractivity contribution in [3.05, 3.63) is 35.4 Å². The molecule has 23 heavy (non-hydrogen) atoms. The monoisotopic (exact) mass is 315 g/mol. The Kier molecular flexibility index (Phi) is 5.47. The van der Waals surface area contributed by atoms with Gasteiger partial charge in [-0.3, -0.25) is 9.69 Å². The standard InChI is InChI=1S/C19H25NO3/c1-22-18-7-5-15(6-8-18)13-16-3-2-4-17(19(16)21)14-20-9-11-23-12-10-20/h5-8,13,17H,2-4,9-12,14H2,1H3/b16-13+. The highest BCUT2D eigenvalue weighted by Crippen LogP contribution is 2.28. The number of ether oxygens (including phenoxy) is 2. The Morgan fingerprint density at radius 2 is 2.00 bits per heavy atom. The van der Waals surface area contributed by atoms with Crippen molar-refractivity contribution in [1.29, 1.82) is 0 Å². The Balaban J connectivity index is 1.66. The quantitative estimate of drug-likeness (QED) is 0.801. The number of ketones is 1. The van der Waals surface area contributed by atoms with Crippen LogP contribution in [-0.2, 0) is 9.53 Å². The molecule has 0 radical (unpaired) electrons. The van der Waals surface area contributed by atoms with Crippen molar-refractivity contribution in [3.63, 3.8) is 0 Å². The van der Waals surface area contributed by atoms with Gasteiger partial charge in [-0.05, 0) is 48.6 Å². The van der Waals surface area contributed by atoms with Gasteiger partial charge in [-0.2, -0.15) is 0 Å². The first kappa shape index (κ1) is 16.2. The zero-order chi connectivity index (χ0) is 16.1. The summed E-state index contributed by atoms with van der Waals surface area (Å²) >= 11 is 0. The number of rotatable bonds is 4. The number of Topliss-reactive ketones (excluding diaryl/α,β-unsaturated/α-hetero) is 1. The summed E-state index contributed by atoms with van der Waals surface area (Å²) in [6.45, 7) is 4.34. The summed E-state index contributed by atoms with van der Waals surface area (Å²) in [6, 6.07) is 7.88. The summed E-state index contributed by atoms with van der Waals surface area (Å²) in [5, 5.41) is 0. The molecule has 1 saturated heterocycles. The van der Waals surface area contributed by atoms with E-state index in [1.165, 1.54) is 0 Å². The smallest absolute Gasteiger partial charge is 0.163 e. The van der Waals surface area contributed by atoms with Crippen LogP contribution in [0.25, 0.3) is 6.08 Å². The van der Waals surface area contributed by atoms with E-state index in [9.17, 15) is 4.79 Å². The second-order valence-corrected chi connectivity index (χ2v) is 6.31. The molecule has 4 nitrogen and oxygen atoms in total. The predicted molar refractivity (Wildman–Crippen MR) is 90.6 cm³/mol. The lowest BCUT2D eigenvalue weighted by molar-refractivity contribution is -0.121. The van der Waals surface area contributed by atoms with Crippen LogP contribution in [0.2, 0.25) is 0 Å². The van der Waals surface area contributed by atoms with Gasteiger partial charge in [0, 0.05) is 25.6 Å². The maximum atomic E-state index is 12.8. The van der Waals surface area contributed by atoms with Crippen LogP contribution in [0, 0.1) is 5.92 Å². The molecule has 0 aromatic heterocycles. The first-order valence-corrected chi connectivity index (χ1v) is 8.45. The molecule has 1 aromatic rings. The Morgan fingerprint density at radius 1 is 1.26 bits per heavy atom. The molecule has 1 saturated carbocycles. The second-order valence-electron chi connectivity index (χ2n) is 6.31. The Labute approximate surface area is 138 Å². The molecule has 0 amide bonds. The van der Waals surface area contributed by atoms with Crippen LogP contribution in [-0.4, -0.2) is 50.6 Å².